The number of hydrogen-bond donors (Lipinski definition) is 2. The average molecular weight is 368 g/mol. The third kappa shape index (κ3) is 3.71. The fraction of sp³-hybridized carbons (Fsp3) is 0.381. The molecule has 0 radical (unpaired) electrons. The van der Waals surface area contributed by atoms with E-state index in [0.29, 0.717) is 19.6 Å². The highest BCUT2D eigenvalue weighted by Gasteiger charge is 2.34. The highest BCUT2D eigenvalue weighted by molar-refractivity contribution is 5.89. The van der Waals surface area contributed by atoms with Crippen molar-refractivity contribution >= 4 is 11.7 Å². The van der Waals surface area contributed by atoms with E-state index in [-0.39, 0.29) is 17.7 Å². The number of fused-ring (bicyclic) bond motifs is 2. The minimum atomic E-state index is -0.387. The molecule has 1 unspecified atom stereocenters. The molecule has 0 spiro atoms. The largest absolute Gasteiger partial charge is 0.497 e. The number of ether oxygens (including phenoxy) is 3. The van der Waals surface area contributed by atoms with Crippen molar-refractivity contribution in [2.75, 3.05) is 12.4 Å². The van der Waals surface area contributed by atoms with E-state index in [1.807, 2.05) is 50.2 Å². The van der Waals surface area contributed by atoms with Crippen LogP contribution in [0.1, 0.15) is 43.0 Å². The monoisotopic (exact) mass is 368 g/mol. The zero-order valence-electron chi connectivity index (χ0n) is 15.8. The molecule has 0 aliphatic carbocycles. The molecule has 0 saturated carbocycles. The van der Waals surface area contributed by atoms with E-state index in [9.17, 15) is 4.79 Å². The second kappa shape index (κ2) is 6.78. The summed E-state index contributed by atoms with van der Waals surface area (Å²) in [6.07, 6.45) is 0.678. The smallest absolute Gasteiger partial charge is 0.319 e. The van der Waals surface area contributed by atoms with Crippen LogP contribution in [0.25, 0.3) is 0 Å². The van der Waals surface area contributed by atoms with Crippen LogP contribution in [0.4, 0.5) is 10.5 Å². The number of hydrogen-bond acceptors (Lipinski definition) is 4. The SMILES string of the molecule is COc1ccc2c(c1)OC(C)(C)CC2NC(=O)Nc1ccc2c(c1)COC2. The number of anilines is 1. The molecule has 0 fully saturated rings. The van der Waals surface area contributed by atoms with Crippen molar-refractivity contribution in [3.63, 3.8) is 0 Å². The summed E-state index contributed by atoms with van der Waals surface area (Å²) < 4.78 is 16.8. The summed E-state index contributed by atoms with van der Waals surface area (Å²) in [7, 11) is 1.63. The Morgan fingerprint density at radius 1 is 1.15 bits per heavy atom. The molecule has 4 rings (SSSR count). The Morgan fingerprint density at radius 2 is 1.96 bits per heavy atom. The summed E-state index contributed by atoms with van der Waals surface area (Å²) in [4.78, 5) is 12.6. The van der Waals surface area contributed by atoms with Crippen molar-refractivity contribution in [3.05, 3.63) is 53.1 Å². The van der Waals surface area contributed by atoms with Crippen molar-refractivity contribution in [3.8, 4) is 11.5 Å². The zero-order chi connectivity index (χ0) is 19.0. The fourth-order valence-electron chi connectivity index (χ4n) is 3.66. The van der Waals surface area contributed by atoms with Gasteiger partial charge in [0.2, 0.25) is 0 Å². The standard InChI is InChI=1S/C21H24N2O4/c1-21(2)10-18(17-7-6-16(25-3)9-19(17)27-21)23-20(24)22-15-5-4-13-11-26-12-14(13)8-15/h4-9,18H,10-12H2,1-3H3,(H2,22,23,24). The Bertz CT molecular complexity index is 878. The van der Waals surface area contributed by atoms with E-state index in [4.69, 9.17) is 14.2 Å². The van der Waals surface area contributed by atoms with E-state index < -0.39 is 0 Å². The first-order valence-corrected chi connectivity index (χ1v) is 9.07. The van der Waals surface area contributed by atoms with E-state index in [0.717, 1.165) is 28.3 Å². The van der Waals surface area contributed by atoms with E-state index in [2.05, 4.69) is 10.6 Å². The quantitative estimate of drug-likeness (QED) is 0.854. The Kier molecular flexibility index (Phi) is 4.44. The lowest BCUT2D eigenvalue weighted by molar-refractivity contribution is 0.0679. The zero-order valence-corrected chi connectivity index (χ0v) is 15.8. The molecule has 142 valence electrons. The number of carbonyl (C=O) groups is 1. The van der Waals surface area contributed by atoms with Gasteiger partial charge in [-0.15, -0.1) is 0 Å². The molecule has 1 atom stereocenters. The van der Waals surface area contributed by atoms with Gasteiger partial charge in [0.15, 0.2) is 0 Å². The van der Waals surface area contributed by atoms with Gasteiger partial charge in [-0.2, -0.15) is 0 Å². The van der Waals surface area contributed by atoms with Crippen molar-refractivity contribution in [1.29, 1.82) is 0 Å². The third-order valence-electron chi connectivity index (χ3n) is 4.96. The van der Waals surface area contributed by atoms with Crippen LogP contribution in [-0.4, -0.2) is 18.7 Å². The molecule has 27 heavy (non-hydrogen) atoms. The Hall–Kier alpha value is -2.73. The maximum atomic E-state index is 12.6. The molecule has 0 bridgehead atoms. The van der Waals surface area contributed by atoms with Crippen LogP contribution in [0.5, 0.6) is 11.5 Å². The molecule has 6 nitrogen and oxygen atoms in total. The number of rotatable bonds is 3. The first-order valence-electron chi connectivity index (χ1n) is 9.07. The van der Waals surface area contributed by atoms with Gasteiger partial charge in [-0.25, -0.2) is 4.79 Å². The highest BCUT2D eigenvalue weighted by atomic mass is 16.5. The first kappa shape index (κ1) is 17.7. The molecular weight excluding hydrogens is 344 g/mol. The molecule has 0 aromatic heterocycles. The van der Waals surface area contributed by atoms with Crippen molar-refractivity contribution in [2.45, 2.75) is 45.1 Å². The first-order chi connectivity index (χ1) is 12.9. The van der Waals surface area contributed by atoms with Crippen LogP contribution in [0, 0.1) is 0 Å². The van der Waals surface area contributed by atoms with Crippen LogP contribution < -0.4 is 20.1 Å². The number of carbonyl (C=O) groups excluding carboxylic acids is 1. The van der Waals surface area contributed by atoms with Gasteiger partial charge in [0.25, 0.3) is 0 Å². The fourth-order valence-corrected chi connectivity index (χ4v) is 3.66. The maximum absolute atomic E-state index is 12.6. The van der Waals surface area contributed by atoms with Gasteiger partial charge in [0, 0.05) is 23.7 Å². The molecule has 2 aromatic carbocycles. The maximum Gasteiger partial charge on any atom is 0.319 e. The topological polar surface area (TPSA) is 68.8 Å². The minimum absolute atomic E-state index is 0.146. The van der Waals surface area contributed by atoms with Crippen LogP contribution in [0.2, 0.25) is 0 Å². The summed E-state index contributed by atoms with van der Waals surface area (Å²) in [5.74, 6) is 1.47. The summed E-state index contributed by atoms with van der Waals surface area (Å²) >= 11 is 0. The number of amides is 2. The predicted octanol–water partition coefficient (Wildman–Crippen LogP) is 4.15. The van der Waals surface area contributed by atoms with Crippen LogP contribution in [0.3, 0.4) is 0 Å². The number of urea groups is 1. The third-order valence-corrected chi connectivity index (χ3v) is 4.96. The molecule has 2 heterocycles. The van der Waals surface area contributed by atoms with Crippen molar-refractivity contribution < 1.29 is 19.0 Å². The number of nitrogens with one attached hydrogen (secondary N) is 2. The molecule has 2 aliphatic rings. The second-order valence-electron chi connectivity index (χ2n) is 7.60. The van der Waals surface area contributed by atoms with Gasteiger partial charge in [-0.05, 0) is 49.2 Å². The minimum Gasteiger partial charge on any atom is -0.497 e. The molecule has 2 N–H and O–H groups in total. The van der Waals surface area contributed by atoms with Crippen molar-refractivity contribution in [2.24, 2.45) is 0 Å². The Morgan fingerprint density at radius 3 is 2.78 bits per heavy atom. The molecule has 2 amide bonds. The summed E-state index contributed by atoms with van der Waals surface area (Å²) in [5.41, 5.74) is 3.63. The average Bonchev–Trinajstić information content (AvgIpc) is 3.07. The van der Waals surface area contributed by atoms with Crippen molar-refractivity contribution in [1.82, 2.24) is 5.32 Å². The van der Waals surface area contributed by atoms with Gasteiger partial charge < -0.3 is 24.8 Å². The van der Waals surface area contributed by atoms with E-state index in [1.54, 1.807) is 7.11 Å². The van der Waals surface area contributed by atoms with Gasteiger partial charge in [0.1, 0.15) is 17.1 Å². The van der Waals surface area contributed by atoms with Gasteiger partial charge in [-0.3, -0.25) is 0 Å². The highest BCUT2D eigenvalue weighted by Crippen LogP contribution is 2.41. The molecule has 2 aromatic rings. The van der Waals surface area contributed by atoms with E-state index in [1.165, 1.54) is 5.56 Å². The lowest BCUT2D eigenvalue weighted by Gasteiger charge is -2.38. The summed E-state index contributed by atoms with van der Waals surface area (Å²) in [6, 6.07) is 11.2. The van der Waals surface area contributed by atoms with E-state index >= 15 is 0 Å². The van der Waals surface area contributed by atoms with Crippen LogP contribution in [0.15, 0.2) is 36.4 Å². The molecular formula is C21H24N2O4. The lowest BCUT2D eigenvalue weighted by atomic mass is 9.89. The normalized spacial score (nSPS) is 19.4. The number of methoxy groups -OCH3 is 1. The van der Waals surface area contributed by atoms with Gasteiger partial charge >= 0.3 is 6.03 Å². The molecule has 0 saturated heterocycles. The Balaban J connectivity index is 1.51. The van der Waals surface area contributed by atoms with Gasteiger partial charge in [0.05, 0.1) is 26.4 Å². The second-order valence-corrected chi connectivity index (χ2v) is 7.60. The molecule has 6 heteroatoms. The lowest BCUT2D eigenvalue weighted by Crippen LogP contribution is -2.42. The number of benzene rings is 2. The summed E-state index contributed by atoms with van der Waals surface area (Å²) in [5, 5.41) is 6.01. The summed E-state index contributed by atoms with van der Waals surface area (Å²) in [6.45, 7) is 5.26. The Labute approximate surface area is 158 Å². The molecule has 2 aliphatic heterocycles. The van der Waals surface area contributed by atoms with Crippen LogP contribution >= 0.6 is 0 Å². The van der Waals surface area contributed by atoms with Gasteiger partial charge in [-0.1, -0.05) is 6.07 Å². The predicted molar refractivity (Wildman–Crippen MR) is 102 cm³/mol. The van der Waals surface area contributed by atoms with Crippen LogP contribution in [-0.2, 0) is 18.0 Å².